The molecule has 0 bridgehead atoms. The molecular weight excluding hydrogens is 280 g/mol. The van der Waals surface area contributed by atoms with E-state index in [1.807, 2.05) is 12.3 Å². The van der Waals surface area contributed by atoms with Crippen molar-refractivity contribution in [2.45, 2.75) is 37.8 Å². The lowest BCUT2D eigenvalue weighted by Crippen LogP contribution is -2.58. The largest absolute Gasteiger partial charge is 0.472 e. The Morgan fingerprint density at radius 3 is 2.77 bits per heavy atom. The first kappa shape index (κ1) is 14.3. The molecule has 1 saturated carbocycles. The van der Waals surface area contributed by atoms with Crippen LogP contribution in [0.3, 0.4) is 0 Å². The zero-order chi connectivity index (χ0) is 15.0. The molecule has 22 heavy (non-hydrogen) atoms. The van der Waals surface area contributed by atoms with Crippen molar-refractivity contribution < 1.29 is 13.9 Å². The van der Waals surface area contributed by atoms with E-state index >= 15 is 0 Å². The highest BCUT2D eigenvalue weighted by Crippen LogP contribution is 2.35. The van der Waals surface area contributed by atoms with Crippen molar-refractivity contribution in [1.29, 1.82) is 0 Å². The van der Waals surface area contributed by atoms with Gasteiger partial charge in [0, 0.05) is 38.3 Å². The monoisotopic (exact) mass is 304 g/mol. The van der Waals surface area contributed by atoms with Gasteiger partial charge in [-0.2, -0.15) is 0 Å². The number of morpholine rings is 1. The first-order valence-corrected chi connectivity index (χ1v) is 8.38. The summed E-state index contributed by atoms with van der Waals surface area (Å²) < 4.78 is 11.1. The van der Waals surface area contributed by atoms with E-state index in [-0.39, 0.29) is 18.1 Å². The van der Waals surface area contributed by atoms with E-state index in [2.05, 4.69) is 9.80 Å². The molecule has 0 atom stereocenters. The Morgan fingerprint density at radius 1 is 1.27 bits per heavy atom. The topological polar surface area (TPSA) is 45.9 Å². The third-order valence-electron chi connectivity index (χ3n) is 5.26. The number of ether oxygens (including phenoxy) is 1. The van der Waals surface area contributed by atoms with Crippen LogP contribution in [0.4, 0.5) is 0 Å². The summed E-state index contributed by atoms with van der Waals surface area (Å²) >= 11 is 0. The quantitative estimate of drug-likeness (QED) is 0.852. The second-order valence-corrected chi connectivity index (χ2v) is 7.10. The zero-order valence-electron chi connectivity index (χ0n) is 13.0. The number of nitrogens with zero attached hydrogens (tertiary/aromatic N) is 2. The number of carbonyl (C=O) groups is 1. The summed E-state index contributed by atoms with van der Waals surface area (Å²) in [4.78, 5) is 16.5. The van der Waals surface area contributed by atoms with Crippen LogP contribution < -0.4 is 0 Å². The molecule has 3 aliphatic rings. The van der Waals surface area contributed by atoms with Gasteiger partial charge < -0.3 is 14.1 Å². The summed E-state index contributed by atoms with van der Waals surface area (Å²) in [5.74, 6) is 0.929. The van der Waals surface area contributed by atoms with E-state index in [1.54, 1.807) is 6.26 Å². The van der Waals surface area contributed by atoms with Crippen LogP contribution in [0.2, 0.25) is 0 Å². The molecule has 5 heteroatoms. The van der Waals surface area contributed by atoms with Crippen molar-refractivity contribution in [2.24, 2.45) is 5.92 Å². The molecular formula is C17H24N2O3. The number of carbonyl (C=O) groups excluding carboxylic acids is 1. The Kier molecular flexibility index (Phi) is 3.70. The molecule has 0 unspecified atom stereocenters. The van der Waals surface area contributed by atoms with Gasteiger partial charge in [0.1, 0.15) is 6.61 Å². The molecule has 0 aromatic carbocycles. The minimum absolute atomic E-state index is 0.101. The predicted molar refractivity (Wildman–Crippen MR) is 81.2 cm³/mol. The van der Waals surface area contributed by atoms with Gasteiger partial charge in [-0.1, -0.05) is 0 Å². The van der Waals surface area contributed by atoms with E-state index in [4.69, 9.17) is 9.15 Å². The van der Waals surface area contributed by atoms with Gasteiger partial charge in [-0.25, -0.2) is 0 Å². The molecule has 1 aromatic heterocycles. The summed E-state index contributed by atoms with van der Waals surface area (Å²) in [6.07, 6.45) is 8.15. The van der Waals surface area contributed by atoms with Crippen LogP contribution in [-0.2, 0) is 16.1 Å². The highest BCUT2D eigenvalue weighted by molar-refractivity contribution is 5.78. The van der Waals surface area contributed by atoms with Crippen LogP contribution in [0.25, 0.3) is 0 Å². The molecule has 3 heterocycles. The van der Waals surface area contributed by atoms with Crippen molar-refractivity contribution in [3.8, 4) is 0 Å². The van der Waals surface area contributed by atoms with E-state index < -0.39 is 0 Å². The number of piperidine rings is 1. The lowest BCUT2D eigenvalue weighted by molar-refractivity contribution is -0.172. The third kappa shape index (κ3) is 3.06. The standard InChI is InChI=1S/C17H24N2O3/c20-16-12-22-17(13-19(16)10-14-1-2-14)4-6-18(7-5-17)9-15-3-8-21-11-15/h3,8,11,14H,1-2,4-7,9-10,12-13H2. The average molecular weight is 304 g/mol. The maximum absolute atomic E-state index is 12.0. The molecule has 4 rings (SSSR count). The van der Waals surface area contributed by atoms with Crippen LogP contribution in [0.1, 0.15) is 31.2 Å². The van der Waals surface area contributed by atoms with Crippen LogP contribution in [0.15, 0.2) is 23.0 Å². The number of hydrogen-bond acceptors (Lipinski definition) is 4. The third-order valence-corrected chi connectivity index (χ3v) is 5.26. The van der Waals surface area contributed by atoms with Gasteiger partial charge in [0.2, 0.25) is 5.91 Å². The number of rotatable bonds is 4. The lowest BCUT2D eigenvalue weighted by atomic mass is 9.89. The van der Waals surface area contributed by atoms with Gasteiger partial charge in [-0.3, -0.25) is 9.69 Å². The Labute approximate surface area is 131 Å². The summed E-state index contributed by atoms with van der Waals surface area (Å²) in [5, 5.41) is 0. The first-order valence-electron chi connectivity index (χ1n) is 8.38. The Bertz CT molecular complexity index is 516. The van der Waals surface area contributed by atoms with Crippen molar-refractivity contribution in [2.75, 3.05) is 32.8 Å². The van der Waals surface area contributed by atoms with Gasteiger partial charge in [-0.15, -0.1) is 0 Å². The molecule has 1 amide bonds. The summed E-state index contributed by atoms with van der Waals surface area (Å²) in [6.45, 7) is 5.00. The second kappa shape index (κ2) is 5.70. The van der Waals surface area contributed by atoms with Gasteiger partial charge in [0.05, 0.1) is 18.1 Å². The Balaban J connectivity index is 1.33. The molecule has 1 spiro atoms. The van der Waals surface area contributed by atoms with Gasteiger partial charge in [0.25, 0.3) is 0 Å². The van der Waals surface area contributed by atoms with Gasteiger partial charge >= 0.3 is 0 Å². The minimum Gasteiger partial charge on any atom is -0.472 e. The SMILES string of the molecule is O=C1COC2(CCN(Cc3ccoc3)CC2)CN1CC1CC1. The molecule has 2 saturated heterocycles. The van der Waals surface area contributed by atoms with Crippen molar-refractivity contribution in [3.63, 3.8) is 0 Å². The minimum atomic E-state index is -0.101. The smallest absolute Gasteiger partial charge is 0.248 e. The number of furan rings is 1. The highest BCUT2D eigenvalue weighted by Gasteiger charge is 2.43. The first-order chi connectivity index (χ1) is 10.7. The summed E-state index contributed by atoms with van der Waals surface area (Å²) in [7, 11) is 0. The fraction of sp³-hybridized carbons (Fsp3) is 0.706. The molecule has 0 radical (unpaired) electrons. The van der Waals surface area contributed by atoms with E-state index in [1.165, 1.54) is 18.4 Å². The Morgan fingerprint density at radius 2 is 2.09 bits per heavy atom. The van der Waals surface area contributed by atoms with Gasteiger partial charge in [-0.05, 0) is 37.7 Å². The Hall–Kier alpha value is -1.33. The van der Waals surface area contributed by atoms with Crippen LogP contribution in [-0.4, -0.2) is 54.1 Å². The molecule has 1 aliphatic carbocycles. The van der Waals surface area contributed by atoms with Crippen LogP contribution >= 0.6 is 0 Å². The second-order valence-electron chi connectivity index (χ2n) is 7.10. The summed E-state index contributed by atoms with van der Waals surface area (Å²) in [5.41, 5.74) is 1.13. The normalized spacial score (nSPS) is 25.8. The van der Waals surface area contributed by atoms with Crippen molar-refractivity contribution in [1.82, 2.24) is 9.80 Å². The molecule has 2 aliphatic heterocycles. The van der Waals surface area contributed by atoms with E-state index in [0.717, 1.165) is 51.5 Å². The van der Waals surface area contributed by atoms with Crippen molar-refractivity contribution in [3.05, 3.63) is 24.2 Å². The maximum Gasteiger partial charge on any atom is 0.248 e. The molecule has 3 fully saturated rings. The van der Waals surface area contributed by atoms with Crippen LogP contribution in [0, 0.1) is 5.92 Å². The lowest BCUT2D eigenvalue weighted by Gasteiger charge is -2.47. The van der Waals surface area contributed by atoms with Crippen LogP contribution in [0.5, 0.6) is 0 Å². The predicted octanol–water partition coefficient (Wildman–Crippen LogP) is 1.88. The number of amides is 1. The fourth-order valence-corrected chi connectivity index (χ4v) is 3.63. The van der Waals surface area contributed by atoms with Gasteiger partial charge in [0.15, 0.2) is 0 Å². The van der Waals surface area contributed by atoms with E-state index in [0.29, 0.717) is 0 Å². The maximum atomic E-state index is 12.0. The average Bonchev–Trinajstić information content (AvgIpc) is 3.19. The molecule has 1 aromatic rings. The fourth-order valence-electron chi connectivity index (χ4n) is 3.63. The summed E-state index contributed by atoms with van der Waals surface area (Å²) in [6, 6.07) is 2.03. The molecule has 5 nitrogen and oxygen atoms in total. The number of likely N-dealkylation sites (tertiary alicyclic amines) is 1. The highest BCUT2D eigenvalue weighted by atomic mass is 16.5. The molecule has 120 valence electrons. The van der Waals surface area contributed by atoms with E-state index in [9.17, 15) is 4.79 Å². The zero-order valence-corrected chi connectivity index (χ0v) is 13.0. The molecule has 0 N–H and O–H groups in total. The van der Waals surface area contributed by atoms with Crippen molar-refractivity contribution >= 4 is 5.91 Å². The number of hydrogen-bond donors (Lipinski definition) is 0.